The Bertz CT molecular complexity index is 1080. The number of primary amides is 1. The number of hydrogen-bond acceptors (Lipinski definition) is 7. The highest BCUT2D eigenvalue weighted by Crippen LogP contribution is 2.28. The predicted octanol–water partition coefficient (Wildman–Crippen LogP) is 3.92. The molecule has 1 heterocycles. The largest absolute Gasteiger partial charge is 0.497 e. The molecule has 0 bridgehead atoms. The molecule has 0 aliphatic rings. The average Bonchev–Trinajstić information content (AvgIpc) is 2.75. The van der Waals surface area contributed by atoms with Gasteiger partial charge in [0.25, 0.3) is 0 Å². The lowest BCUT2D eigenvalue weighted by Crippen LogP contribution is -2.38. The lowest BCUT2D eigenvalue weighted by atomic mass is 10.1. The molecule has 0 fully saturated rings. The first-order valence-electron chi connectivity index (χ1n) is 9.11. The number of amides is 2. The van der Waals surface area contributed by atoms with E-state index in [4.69, 9.17) is 22.1 Å². The Balaban J connectivity index is 1.87. The monoisotopic (exact) mass is 442 g/mol. The Morgan fingerprint density at radius 3 is 2.48 bits per heavy atom. The van der Waals surface area contributed by atoms with Gasteiger partial charge >= 0.3 is 11.7 Å². The molecule has 0 saturated carbocycles. The fraction of sp³-hybridized carbons (Fsp3) is 0.150. The third-order valence-corrected chi connectivity index (χ3v) is 4.60. The third kappa shape index (κ3) is 5.58. The Labute approximate surface area is 182 Å². The Morgan fingerprint density at radius 1 is 1.23 bits per heavy atom. The summed E-state index contributed by atoms with van der Waals surface area (Å²) in [5.41, 5.74) is 6.59. The number of hydrogen-bond donors (Lipinski definition) is 2. The number of nitrogens with zero attached hydrogens (tertiary/aromatic N) is 4. The number of nitro groups is 1. The van der Waals surface area contributed by atoms with E-state index in [0.717, 1.165) is 16.7 Å². The molecule has 11 heteroatoms. The molecule has 0 aliphatic heterocycles. The van der Waals surface area contributed by atoms with Gasteiger partial charge in [-0.3, -0.25) is 15.0 Å². The number of urea groups is 1. The van der Waals surface area contributed by atoms with E-state index in [1.54, 1.807) is 43.5 Å². The number of nitrogens with one attached hydrogen (secondary N) is 1. The maximum absolute atomic E-state index is 12.1. The van der Waals surface area contributed by atoms with Crippen LogP contribution >= 0.6 is 11.6 Å². The van der Waals surface area contributed by atoms with E-state index in [2.05, 4.69) is 15.3 Å². The van der Waals surface area contributed by atoms with E-state index in [0.29, 0.717) is 22.9 Å². The van der Waals surface area contributed by atoms with Crippen molar-refractivity contribution in [3.05, 3.63) is 75.4 Å². The van der Waals surface area contributed by atoms with E-state index >= 15 is 0 Å². The average molecular weight is 443 g/mol. The van der Waals surface area contributed by atoms with Gasteiger partial charge in [-0.1, -0.05) is 23.7 Å². The number of halogens is 1. The van der Waals surface area contributed by atoms with Crippen molar-refractivity contribution in [2.45, 2.75) is 6.42 Å². The molecule has 2 aromatic carbocycles. The van der Waals surface area contributed by atoms with Crippen LogP contribution < -0.4 is 20.7 Å². The minimum atomic E-state index is -0.868. The highest BCUT2D eigenvalue weighted by atomic mass is 35.5. The summed E-state index contributed by atoms with van der Waals surface area (Å²) in [6.07, 6.45) is 1.43. The molecule has 0 unspecified atom stereocenters. The van der Waals surface area contributed by atoms with Gasteiger partial charge in [0.2, 0.25) is 11.8 Å². The molecule has 0 atom stereocenters. The normalized spacial score (nSPS) is 10.4. The van der Waals surface area contributed by atoms with Gasteiger partial charge in [0.15, 0.2) is 0 Å². The summed E-state index contributed by atoms with van der Waals surface area (Å²) < 4.78 is 5.12. The van der Waals surface area contributed by atoms with Crippen LogP contribution in [0, 0.1) is 10.1 Å². The number of nitrogens with two attached hydrogens (primary N) is 1. The number of carbonyl (C=O) groups excluding carboxylic acids is 1. The SMILES string of the molecule is COc1ccc(CCN(C(N)=O)c2nc(Nc3ccc(Cl)cc3)ncc2[N+](=O)[O-])cc1. The smallest absolute Gasteiger partial charge is 0.330 e. The maximum Gasteiger partial charge on any atom is 0.330 e. The molecule has 160 valence electrons. The van der Waals surface area contributed by atoms with Crippen LogP contribution in [0.3, 0.4) is 0 Å². The van der Waals surface area contributed by atoms with Gasteiger partial charge in [-0.25, -0.2) is 9.78 Å². The van der Waals surface area contributed by atoms with Gasteiger partial charge in [-0.2, -0.15) is 4.98 Å². The van der Waals surface area contributed by atoms with Crippen LogP contribution in [-0.2, 0) is 6.42 Å². The standard InChI is InChI=1S/C20H19ClN6O4/c1-31-16-8-2-13(3-9-16)10-11-26(19(22)28)18-17(27(29)30)12-23-20(25-18)24-15-6-4-14(21)5-7-15/h2-9,12H,10-11H2,1H3,(H2,22,28)(H,23,24,25). The lowest BCUT2D eigenvalue weighted by Gasteiger charge is -2.20. The molecule has 0 saturated heterocycles. The van der Waals surface area contributed by atoms with Crippen molar-refractivity contribution >= 4 is 40.8 Å². The molecule has 31 heavy (non-hydrogen) atoms. The fourth-order valence-corrected chi connectivity index (χ4v) is 2.90. The van der Waals surface area contributed by atoms with Crippen molar-refractivity contribution in [2.75, 3.05) is 23.9 Å². The summed E-state index contributed by atoms with van der Waals surface area (Å²) >= 11 is 5.88. The molecule has 1 aromatic heterocycles. The van der Waals surface area contributed by atoms with E-state index in [1.807, 2.05) is 12.1 Å². The van der Waals surface area contributed by atoms with E-state index in [1.165, 1.54) is 0 Å². The van der Waals surface area contributed by atoms with Crippen LogP contribution in [0.5, 0.6) is 5.75 Å². The van der Waals surface area contributed by atoms with Crippen molar-refractivity contribution in [1.82, 2.24) is 9.97 Å². The number of carbonyl (C=O) groups is 1. The van der Waals surface area contributed by atoms with E-state index in [9.17, 15) is 14.9 Å². The van der Waals surface area contributed by atoms with Crippen LogP contribution in [0.4, 0.5) is 27.9 Å². The quantitative estimate of drug-likeness (QED) is 0.398. The van der Waals surface area contributed by atoms with Crippen molar-refractivity contribution in [3.8, 4) is 5.75 Å². The molecule has 0 spiro atoms. The highest BCUT2D eigenvalue weighted by Gasteiger charge is 2.26. The zero-order chi connectivity index (χ0) is 22.4. The van der Waals surface area contributed by atoms with Crippen molar-refractivity contribution in [2.24, 2.45) is 5.73 Å². The number of anilines is 3. The van der Waals surface area contributed by atoms with E-state index < -0.39 is 16.6 Å². The van der Waals surface area contributed by atoms with Gasteiger partial charge in [0.05, 0.1) is 12.0 Å². The number of benzene rings is 2. The second-order valence-electron chi connectivity index (χ2n) is 6.38. The third-order valence-electron chi connectivity index (χ3n) is 4.35. The first-order valence-corrected chi connectivity index (χ1v) is 9.49. The fourth-order valence-electron chi connectivity index (χ4n) is 2.77. The van der Waals surface area contributed by atoms with Gasteiger partial charge in [-0.05, 0) is 48.4 Å². The Hall–Kier alpha value is -3.92. The van der Waals surface area contributed by atoms with Crippen LogP contribution in [0.2, 0.25) is 5.02 Å². The van der Waals surface area contributed by atoms with Crippen LogP contribution in [-0.4, -0.2) is 34.6 Å². The maximum atomic E-state index is 12.1. The molecule has 3 N–H and O–H groups in total. The molecular weight excluding hydrogens is 424 g/mol. The summed E-state index contributed by atoms with van der Waals surface area (Å²) in [7, 11) is 1.56. The lowest BCUT2D eigenvalue weighted by molar-refractivity contribution is -0.384. The van der Waals surface area contributed by atoms with Crippen LogP contribution in [0.15, 0.2) is 54.7 Å². The molecule has 0 aliphatic carbocycles. The molecule has 3 rings (SSSR count). The summed E-state index contributed by atoms with van der Waals surface area (Å²) in [5, 5.41) is 15.0. The number of methoxy groups -OCH3 is 1. The van der Waals surface area contributed by atoms with Crippen molar-refractivity contribution in [1.29, 1.82) is 0 Å². The zero-order valence-corrected chi connectivity index (χ0v) is 17.2. The first-order chi connectivity index (χ1) is 14.9. The number of ether oxygens (including phenoxy) is 1. The summed E-state index contributed by atoms with van der Waals surface area (Å²) in [4.78, 5) is 32.2. The Morgan fingerprint density at radius 2 is 1.90 bits per heavy atom. The summed E-state index contributed by atoms with van der Waals surface area (Å²) in [6.45, 7) is 0.0832. The molecule has 0 radical (unpaired) electrons. The van der Waals surface area contributed by atoms with Crippen LogP contribution in [0.25, 0.3) is 0 Å². The second-order valence-corrected chi connectivity index (χ2v) is 6.82. The van der Waals surface area contributed by atoms with Gasteiger partial charge in [0, 0.05) is 17.3 Å². The highest BCUT2D eigenvalue weighted by molar-refractivity contribution is 6.30. The summed E-state index contributed by atoms with van der Waals surface area (Å²) in [5.74, 6) is 0.566. The summed E-state index contributed by atoms with van der Waals surface area (Å²) in [6, 6.07) is 13.1. The molecule has 2 amide bonds. The topological polar surface area (TPSA) is 137 Å². The molecular formula is C20H19ClN6O4. The van der Waals surface area contributed by atoms with Gasteiger partial charge in [-0.15, -0.1) is 0 Å². The predicted molar refractivity (Wildman–Crippen MR) is 117 cm³/mol. The van der Waals surface area contributed by atoms with Crippen molar-refractivity contribution in [3.63, 3.8) is 0 Å². The minimum absolute atomic E-state index is 0.0682. The first kappa shape index (κ1) is 21.8. The number of rotatable bonds is 8. The molecule has 3 aromatic rings. The van der Waals surface area contributed by atoms with Crippen LogP contribution in [0.1, 0.15) is 5.56 Å². The molecule has 10 nitrogen and oxygen atoms in total. The number of aromatic nitrogens is 2. The van der Waals surface area contributed by atoms with Crippen molar-refractivity contribution < 1.29 is 14.5 Å². The second kappa shape index (κ2) is 9.72. The zero-order valence-electron chi connectivity index (χ0n) is 16.5. The Kier molecular flexibility index (Phi) is 6.83. The minimum Gasteiger partial charge on any atom is -0.497 e. The van der Waals surface area contributed by atoms with Gasteiger partial charge in [0.1, 0.15) is 11.9 Å². The van der Waals surface area contributed by atoms with Gasteiger partial charge < -0.3 is 15.8 Å². The van der Waals surface area contributed by atoms with E-state index in [-0.39, 0.29) is 18.3 Å².